The molecule has 1 unspecified atom stereocenters. The van der Waals surface area contributed by atoms with Crippen molar-refractivity contribution in [3.63, 3.8) is 0 Å². The molecule has 0 saturated carbocycles. The number of carbonyl (C=O) groups is 3. The number of ether oxygens (including phenoxy) is 3. The summed E-state index contributed by atoms with van der Waals surface area (Å²) in [7, 11) is 3.32. The molecule has 0 aliphatic carbocycles. The molecule has 0 bridgehead atoms. The Morgan fingerprint density at radius 3 is 1.88 bits per heavy atom. The van der Waals surface area contributed by atoms with Gasteiger partial charge in [-0.1, -0.05) is 65.2 Å². The van der Waals surface area contributed by atoms with Gasteiger partial charge in [-0.05, 0) is 81.8 Å². The summed E-state index contributed by atoms with van der Waals surface area (Å²) in [5.41, 5.74) is 2.57. The van der Waals surface area contributed by atoms with E-state index in [0.717, 1.165) is 62.2 Å². The second kappa shape index (κ2) is 29.4. The summed E-state index contributed by atoms with van der Waals surface area (Å²) in [6, 6.07) is 14.4. The first kappa shape index (κ1) is 41.9. The number of hydrogen-bond donors (Lipinski definition) is 2. The largest absolute Gasteiger partial charge is 0.494 e. The van der Waals surface area contributed by atoms with Gasteiger partial charge in [0.2, 0.25) is 0 Å². The maximum Gasteiger partial charge on any atom is 0.306 e. The molecular weight excluding hydrogens is 524 g/mol. The molecule has 0 aromatic heterocycles. The van der Waals surface area contributed by atoms with E-state index in [1.807, 2.05) is 32.9 Å². The molecule has 8 heteroatoms. The number of aryl methyl sites for hydroxylation is 2. The zero-order valence-corrected chi connectivity index (χ0v) is 26.7. The van der Waals surface area contributed by atoms with Gasteiger partial charge in [0, 0.05) is 0 Å². The molecule has 2 aromatic rings. The number of ketones is 1. The molecule has 2 rings (SSSR count). The SMILES string of the molecule is CC.CC(C)=O.CCCCCC(C)C(=O)O.CCOc1cccc(CCCc2ccc(OC)c(OC)c2)c1.O=CO. The number of carboxylic acids is 1. The molecular formula is C33H54O8. The summed E-state index contributed by atoms with van der Waals surface area (Å²) >= 11 is 0. The van der Waals surface area contributed by atoms with Crippen LogP contribution in [0.2, 0.25) is 0 Å². The van der Waals surface area contributed by atoms with Crippen LogP contribution in [0.5, 0.6) is 17.2 Å². The number of rotatable bonds is 13. The summed E-state index contributed by atoms with van der Waals surface area (Å²) in [6.07, 6.45) is 7.32. The number of hydrogen-bond acceptors (Lipinski definition) is 6. The zero-order chi connectivity index (χ0) is 32.1. The number of Topliss-reactive ketones (excluding diaryl/α,β-unsaturated/α-hetero) is 1. The average molecular weight is 579 g/mol. The second-order valence-corrected chi connectivity index (χ2v) is 8.87. The van der Waals surface area contributed by atoms with E-state index < -0.39 is 5.97 Å². The Labute approximate surface area is 248 Å². The minimum atomic E-state index is -0.670. The highest BCUT2D eigenvalue weighted by atomic mass is 16.5. The lowest BCUT2D eigenvalue weighted by Crippen LogP contribution is -2.08. The van der Waals surface area contributed by atoms with Gasteiger partial charge in [-0.15, -0.1) is 0 Å². The Kier molecular flexibility index (Phi) is 30.1. The van der Waals surface area contributed by atoms with Crippen LogP contribution in [0.3, 0.4) is 0 Å². The molecule has 0 aliphatic heterocycles. The Morgan fingerprint density at radius 1 is 0.878 bits per heavy atom. The lowest BCUT2D eigenvalue weighted by Gasteiger charge is -2.10. The molecule has 0 spiro atoms. The van der Waals surface area contributed by atoms with Gasteiger partial charge in [0.15, 0.2) is 11.5 Å². The lowest BCUT2D eigenvalue weighted by molar-refractivity contribution is -0.141. The fourth-order valence-electron chi connectivity index (χ4n) is 3.31. The Morgan fingerprint density at radius 2 is 1.41 bits per heavy atom. The summed E-state index contributed by atoms with van der Waals surface area (Å²) in [5, 5.41) is 15.4. The predicted molar refractivity (Wildman–Crippen MR) is 167 cm³/mol. The molecule has 0 radical (unpaired) electrons. The fraction of sp³-hybridized carbons (Fsp3) is 0.545. The van der Waals surface area contributed by atoms with E-state index in [0.29, 0.717) is 6.61 Å². The molecule has 0 fully saturated rings. The van der Waals surface area contributed by atoms with E-state index >= 15 is 0 Å². The smallest absolute Gasteiger partial charge is 0.306 e. The number of benzene rings is 2. The van der Waals surface area contributed by atoms with Gasteiger partial charge in [-0.25, -0.2) is 0 Å². The zero-order valence-electron chi connectivity index (χ0n) is 26.7. The van der Waals surface area contributed by atoms with Gasteiger partial charge < -0.3 is 29.2 Å². The lowest BCUT2D eigenvalue weighted by atomic mass is 10.0. The van der Waals surface area contributed by atoms with Crippen LogP contribution >= 0.6 is 0 Å². The third-order valence-electron chi connectivity index (χ3n) is 5.25. The van der Waals surface area contributed by atoms with Gasteiger partial charge >= 0.3 is 5.97 Å². The first-order valence-corrected chi connectivity index (χ1v) is 14.3. The number of aliphatic carboxylic acids is 1. The summed E-state index contributed by atoms with van der Waals surface area (Å²) in [5.74, 6) is 1.85. The molecule has 0 heterocycles. The van der Waals surface area contributed by atoms with Crippen molar-refractivity contribution in [1.82, 2.24) is 0 Å². The van der Waals surface area contributed by atoms with Crippen LogP contribution in [0, 0.1) is 5.92 Å². The fourth-order valence-corrected chi connectivity index (χ4v) is 3.31. The standard InChI is InChI=1S/C19H24O3.C8H16O2.C3H6O.C2H6.CH2O2/c1-4-22-17-10-6-9-15(13-17)7-5-8-16-11-12-18(20-2)19(14-16)21-3;1-3-4-5-6-7(2)8(9)10;1-3(2)4;1-2;2-1-3/h6,9-14H,4-5,7-8H2,1-3H3;7H,3-6H2,1-2H3,(H,9,10);1-2H3;1-2H3;1H,(H,2,3). The van der Waals surface area contributed by atoms with Crippen molar-refractivity contribution in [3.05, 3.63) is 53.6 Å². The number of carbonyl (C=O) groups excluding carboxylic acids is 1. The highest BCUT2D eigenvalue weighted by molar-refractivity contribution is 5.72. The maximum absolute atomic E-state index is 10.3. The summed E-state index contributed by atoms with van der Waals surface area (Å²) in [6.45, 7) is 13.4. The van der Waals surface area contributed by atoms with E-state index in [2.05, 4.69) is 37.3 Å². The molecule has 8 nitrogen and oxygen atoms in total. The number of carboxylic acid groups (broad SMARTS) is 2. The molecule has 2 N–H and O–H groups in total. The van der Waals surface area contributed by atoms with Crippen molar-refractivity contribution in [2.75, 3.05) is 20.8 Å². The highest BCUT2D eigenvalue weighted by Gasteiger charge is 2.08. The monoisotopic (exact) mass is 578 g/mol. The molecule has 0 aliphatic rings. The number of methoxy groups -OCH3 is 2. The first-order chi connectivity index (χ1) is 19.6. The minimum Gasteiger partial charge on any atom is -0.494 e. The van der Waals surface area contributed by atoms with E-state index in [9.17, 15) is 9.59 Å². The topological polar surface area (TPSA) is 119 Å². The van der Waals surface area contributed by atoms with E-state index in [4.69, 9.17) is 29.2 Å². The third-order valence-corrected chi connectivity index (χ3v) is 5.25. The van der Waals surface area contributed by atoms with Crippen molar-refractivity contribution < 1.29 is 38.8 Å². The van der Waals surface area contributed by atoms with Crippen molar-refractivity contribution in [1.29, 1.82) is 0 Å². The quantitative estimate of drug-likeness (QED) is 0.182. The summed E-state index contributed by atoms with van der Waals surface area (Å²) in [4.78, 5) is 28.1. The van der Waals surface area contributed by atoms with Crippen LogP contribution in [0.15, 0.2) is 42.5 Å². The van der Waals surface area contributed by atoms with E-state index in [-0.39, 0.29) is 18.2 Å². The van der Waals surface area contributed by atoms with Crippen LogP contribution in [0.1, 0.15) is 91.7 Å². The van der Waals surface area contributed by atoms with Gasteiger partial charge in [0.1, 0.15) is 11.5 Å². The van der Waals surface area contributed by atoms with Gasteiger partial charge in [0.25, 0.3) is 6.47 Å². The molecule has 0 amide bonds. The Balaban J connectivity index is -0.000000631. The molecule has 41 heavy (non-hydrogen) atoms. The average Bonchev–Trinajstić information content (AvgIpc) is 2.95. The molecule has 2 aromatic carbocycles. The minimum absolute atomic E-state index is 0.161. The van der Waals surface area contributed by atoms with Gasteiger partial charge in [-0.2, -0.15) is 0 Å². The normalized spacial score (nSPS) is 9.78. The van der Waals surface area contributed by atoms with Crippen molar-refractivity contribution in [2.24, 2.45) is 5.92 Å². The molecule has 1 atom stereocenters. The van der Waals surface area contributed by atoms with Crippen LogP contribution in [0.25, 0.3) is 0 Å². The molecule has 0 saturated heterocycles. The second-order valence-electron chi connectivity index (χ2n) is 8.87. The van der Waals surface area contributed by atoms with Gasteiger partial charge in [0.05, 0.1) is 26.7 Å². The third kappa shape index (κ3) is 25.2. The molecule has 234 valence electrons. The van der Waals surface area contributed by atoms with Crippen LogP contribution in [-0.2, 0) is 27.2 Å². The number of unbranched alkanes of at least 4 members (excludes halogenated alkanes) is 2. The maximum atomic E-state index is 10.3. The van der Waals surface area contributed by atoms with Crippen molar-refractivity contribution >= 4 is 18.2 Å². The van der Waals surface area contributed by atoms with Crippen LogP contribution in [-0.4, -0.2) is 49.3 Å². The highest BCUT2D eigenvalue weighted by Crippen LogP contribution is 2.28. The van der Waals surface area contributed by atoms with Crippen molar-refractivity contribution in [3.8, 4) is 17.2 Å². The van der Waals surface area contributed by atoms with Crippen LogP contribution < -0.4 is 14.2 Å². The predicted octanol–water partition coefficient (Wildman–Crippen LogP) is 7.89. The van der Waals surface area contributed by atoms with Crippen molar-refractivity contribution in [2.45, 2.75) is 93.4 Å². The van der Waals surface area contributed by atoms with E-state index in [1.54, 1.807) is 21.1 Å². The first-order valence-electron chi connectivity index (χ1n) is 14.3. The van der Waals surface area contributed by atoms with Gasteiger partial charge in [-0.3, -0.25) is 9.59 Å². The van der Waals surface area contributed by atoms with E-state index in [1.165, 1.54) is 25.0 Å². The Bertz CT molecular complexity index is 923. The summed E-state index contributed by atoms with van der Waals surface area (Å²) < 4.78 is 16.1. The Hall–Kier alpha value is -3.55. The van der Waals surface area contributed by atoms with Crippen LogP contribution in [0.4, 0.5) is 0 Å².